The Hall–Kier alpha value is -1.88. The largest absolute Gasteiger partial charge is 0.391 e. The van der Waals surface area contributed by atoms with Crippen LogP contribution >= 0.6 is 0 Å². The molecule has 1 aromatic heterocycles. The predicted octanol–water partition coefficient (Wildman–Crippen LogP) is 1.24. The van der Waals surface area contributed by atoms with Gasteiger partial charge in [0.25, 0.3) is 0 Å². The molecule has 5 heteroatoms. The molecule has 18 heavy (non-hydrogen) atoms. The van der Waals surface area contributed by atoms with E-state index >= 15 is 0 Å². The number of para-hydroxylation sites is 1. The van der Waals surface area contributed by atoms with Crippen LogP contribution in [0.5, 0.6) is 0 Å². The van der Waals surface area contributed by atoms with Crippen molar-refractivity contribution in [1.82, 2.24) is 9.97 Å². The molecule has 0 saturated carbocycles. The first-order chi connectivity index (χ1) is 8.78. The quantitative estimate of drug-likeness (QED) is 0.832. The number of nitrogens with zero attached hydrogens (tertiary/aromatic N) is 3. The molecule has 1 fully saturated rings. The fraction of sp³-hybridized carbons (Fsp3) is 0.385. The SMILES string of the molecule is CNc1nc(N2CCC(O)C2)c2ccccc2n1. The number of aliphatic hydroxyl groups excluding tert-OH is 1. The van der Waals surface area contributed by atoms with Crippen LogP contribution in [0.3, 0.4) is 0 Å². The molecule has 0 aliphatic carbocycles. The van der Waals surface area contributed by atoms with E-state index in [0.717, 1.165) is 29.7 Å². The monoisotopic (exact) mass is 244 g/mol. The van der Waals surface area contributed by atoms with Crippen LogP contribution in [-0.2, 0) is 0 Å². The zero-order valence-corrected chi connectivity index (χ0v) is 10.3. The van der Waals surface area contributed by atoms with Gasteiger partial charge in [0.1, 0.15) is 5.82 Å². The van der Waals surface area contributed by atoms with E-state index in [1.807, 2.05) is 31.3 Å². The van der Waals surface area contributed by atoms with Crippen molar-refractivity contribution < 1.29 is 5.11 Å². The molecule has 2 N–H and O–H groups in total. The average molecular weight is 244 g/mol. The van der Waals surface area contributed by atoms with Crippen molar-refractivity contribution in [3.8, 4) is 0 Å². The maximum absolute atomic E-state index is 9.66. The van der Waals surface area contributed by atoms with Crippen molar-refractivity contribution in [1.29, 1.82) is 0 Å². The van der Waals surface area contributed by atoms with Gasteiger partial charge in [-0.1, -0.05) is 12.1 Å². The third-order valence-corrected chi connectivity index (χ3v) is 3.27. The molecular weight excluding hydrogens is 228 g/mol. The van der Waals surface area contributed by atoms with Crippen LogP contribution in [-0.4, -0.2) is 41.3 Å². The van der Waals surface area contributed by atoms with Gasteiger partial charge in [-0.2, -0.15) is 4.98 Å². The van der Waals surface area contributed by atoms with Crippen LogP contribution < -0.4 is 10.2 Å². The van der Waals surface area contributed by atoms with Gasteiger partial charge >= 0.3 is 0 Å². The zero-order valence-electron chi connectivity index (χ0n) is 10.3. The number of anilines is 2. The Labute approximate surface area is 105 Å². The van der Waals surface area contributed by atoms with Gasteiger partial charge in [0.15, 0.2) is 0 Å². The van der Waals surface area contributed by atoms with Crippen molar-refractivity contribution >= 4 is 22.7 Å². The first-order valence-corrected chi connectivity index (χ1v) is 6.15. The summed E-state index contributed by atoms with van der Waals surface area (Å²) in [5.74, 6) is 1.52. The summed E-state index contributed by atoms with van der Waals surface area (Å²) >= 11 is 0. The minimum atomic E-state index is -0.253. The summed E-state index contributed by atoms with van der Waals surface area (Å²) in [6.07, 6.45) is 0.546. The predicted molar refractivity (Wildman–Crippen MR) is 71.9 cm³/mol. The lowest BCUT2D eigenvalue weighted by atomic mass is 10.2. The van der Waals surface area contributed by atoms with Gasteiger partial charge in [-0.3, -0.25) is 0 Å². The molecular formula is C13H16N4O. The highest BCUT2D eigenvalue weighted by Gasteiger charge is 2.23. The highest BCUT2D eigenvalue weighted by molar-refractivity contribution is 5.90. The molecule has 2 heterocycles. The zero-order chi connectivity index (χ0) is 12.5. The minimum Gasteiger partial charge on any atom is -0.391 e. The normalized spacial score (nSPS) is 19.4. The third kappa shape index (κ3) is 1.86. The molecule has 3 rings (SSSR count). The van der Waals surface area contributed by atoms with Gasteiger partial charge in [-0.15, -0.1) is 0 Å². The summed E-state index contributed by atoms with van der Waals surface area (Å²) in [4.78, 5) is 11.1. The molecule has 1 unspecified atom stereocenters. The highest BCUT2D eigenvalue weighted by atomic mass is 16.3. The number of β-amino-alcohol motifs (C(OH)–C–C–N with tert-alkyl or cyclic N) is 1. The van der Waals surface area contributed by atoms with Crippen molar-refractivity contribution in [2.75, 3.05) is 30.4 Å². The van der Waals surface area contributed by atoms with Gasteiger partial charge in [-0.05, 0) is 18.6 Å². The smallest absolute Gasteiger partial charge is 0.224 e. The van der Waals surface area contributed by atoms with E-state index in [1.54, 1.807) is 0 Å². The number of aliphatic hydroxyl groups is 1. The van der Waals surface area contributed by atoms with E-state index in [1.165, 1.54) is 0 Å². The fourth-order valence-corrected chi connectivity index (χ4v) is 2.35. The average Bonchev–Trinajstić information content (AvgIpc) is 2.84. The van der Waals surface area contributed by atoms with Gasteiger partial charge in [0.2, 0.25) is 5.95 Å². The molecule has 1 saturated heterocycles. The lowest BCUT2D eigenvalue weighted by Gasteiger charge is -2.19. The number of aromatic nitrogens is 2. The Morgan fingerprint density at radius 2 is 2.17 bits per heavy atom. The lowest BCUT2D eigenvalue weighted by Crippen LogP contribution is -2.23. The molecule has 0 spiro atoms. The van der Waals surface area contributed by atoms with Crippen LogP contribution in [0.1, 0.15) is 6.42 Å². The summed E-state index contributed by atoms with van der Waals surface area (Å²) < 4.78 is 0. The number of rotatable bonds is 2. The van der Waals surface area contributed by atoms with Crippen LogP contribution in [0, 0.1) is 0 Å². The van der Waals surface area contributed by atoms with E-state index in [9.17, 15) is 5.11 Å². The summed E-state index contributed by atoms with van der Waals surface area (Å²) in [5.41, 5.74) is 0.924. The fourth-order valence-electron chi connectivity index (χ4n) is 2.35. The molecule has 0 bridgehead atoms. The number of hydrogen-bond donors (Lipinski definition) is 2. The van der Waals surface area contributed by atoms with Crippen LogP contribution in [0.4, 0.5) is 11.8 Å². The van der Waals surface area contributed by atoms with E-state index in [0.29, 0.717) is 12.5 Å². The van der Waals surface area contributed by atoms with Crippen molar-refractivity contribution in [3.63, 3.8) is 0 Å². The van der Waals surface area contributed by atoms with Crippen molar-refractivity contribution in [2.24, 2.45) is 0 Å². The molecule has 0 amide bonds. The van der Waals surface area contributed by atoms with E-state index in [2.05, 4.69) is 20.2 Å². The van der Waals surface area contributed by atoms with Gasteiger partial charge in [0, 0.05) is 25.5 Å². The van der Waals surface area contributed by atoms with E-state index < -0.39 is 0 Å². The molecule has 1 atom stereocenters. The van der Waals surface area contributed by atoms with E-state index in [4.69, 9.17) is 0 Å². The Bertz CT molecular complexity index is 572. The number of fused-ring (bicyclic) bond motifs is 1. The van der Waals surface area contributed by atoms with Crippen LogP contribution in [0.15, 0.2) is 24.3 Å². The number of benzene rings is 1. The van der Waals surface area contributed by atoms with Crippen LogP contribution in [0.2, 0.25) is 0 Å². The molecule has 94 valence electrons. The lowest BCUT2D eigenvalue weighted by molar-refractivity contribution is 0.198. The minimum absolute atomic E-state index is 0.253. The molecule has 0 radical (unpaired) electrons. The van der Waals surface area contributed by atoms with Gasteiger partial charge in [-0.25, -0.2) is 4.98 Å². The third-order valence-electron chi connectivity index (χ3n) is 3.27. The maximum Gasteiger partial charge on any atom is 0.224 e. The summed E-state index contributed by atoms with van der Waals surface area (Å²) in [6.45, 7) is 1.48. The Balaban J connectivity index is 2.13. The topological polar surface area (TPSA) is 61.3 Å². The molecule has 1 aliphatic rings. The Morgan fingerprint density at radius 3 is 2.89 bits per heavy atom. The maximum atomic E-state index is 9.66. The second-order valence-corrected chi connectivity index (χ2v) is 4.53. The molecule has 1 aromatic carbocycles. The molecule has 2 aromatic rings. The number of hydrogen-bond acceptors (Lipinski definition) is 5. The Morgan fingerprint density at radius 1 is 1.33 bits per heavy atom. The first-order valence-electron chi connectivity index (χ1n) is 6.15. The highest BCUT2D eigenvalue weighted by Crippen LogP contribution is 2.27. The summed E-state index contributed by atoms with van der Waals surface area (Å²) in [5, 5.41) is 13.7. The molecule has 1 aliphatic heterocycles. The second kappa shape index (κ2) is 4.42. The first kappa shape index (κ1) is 11.2. The summed E-state index contributed by atoms with van der Waals surface area (Å²) in [6, 6.07) is 7.96. The van der Waals surface area contributed by atoms with Crippen molar-refractivity contribution in [2.45, 2.75) is 12.5 Å². The Kier molecular flexibility index (Phi) is 2.76. The van der Waals surface area contributed by atoms with E-state index in [-0.39, 0.29) is 6.10 Å². The standard InChI is InChI=1S/C13H16N4O/c1-14-13-15-11-5-3-2-4-10(11)12(16-13)17-7-6-9(18)8-17/h2-5,9,18H,6-8H2,1H3,(H,14,15,16). The number of nitrogens with one attached hydrogen (secondary N) is 1. The molecule has 5 nitrogen and oxygen atoms in total. The summed E-state index contributed by atoms with van der Waals surface area (Å²) in [7, 11) is 1.81. The van der Waals surface area contributed by atoms with Crippen LogP contribution in [0.25, 0.3) is 10.9 Å². The van der Waals surface area contributed by atoms with Crippen molar-refractivity contribution in [3.05, 3.63) is 24.3 Å². The second-order valence-electron chi connectivity index (χ2n) is 4.53. The van der Waals surface area contributed by atoms with Gasteiger partial charge in [0.05, 0.1) is 11.6 Å². The van der Waals surface area contributed by atoms with Gasteiger partial charge < -0.3 is 15.3 Å².